The molecule has 110 valence electrons. The highest BCUT2D eigenvalue weighted by atomic mass is 32.1. The van der Waals surface area contributed by atoms with Crippen LogP contribution in [0.3, 0.4) is 0 Å². The van der Waals surface area contributed by atoms with E-state index in [4.69, 9.17) is 0 Å². The van der Waals surface area contributed by atoms with Crippen LogP contribution < -0.4 is 4.90 Å². The van der Waals surface area contributed by atoms with Crippen molar-refractivity contribution in [3.8, 4) is 10.6 Å². The molecule has 0 saturated carbocycles. The zero-order valence-electron chi connectivity index (χ0n) is 12.0. The predicted molar refractivity (Wildman–Crippen MR) is 86.4 cm³/mol. The van der Waals surface area contributed by atoms with Gasteiger partial charge in [-0.25, -0.2) is 0 Å². The lowest BCUT2D eigenvalue weighted by Crippen LogP contribution is -2.27. The minimum absolute atomic E-state index is 0.0544. The zero-order chi connectivity index (χ0) is 15.4. The van der Waals surface area contributed by atoms with E-state index in [1.54, 1.807) is 17.3 Å². The number of anilines is 1. The Kier molecular flexibility index (Phi) is 4.20. The molecular formula is C16H14N4OS. The van der Waals surface area contributed by atoms with E-state index < -0.39 is 0 Å². The molecule has 2 heterocycles. The highest BCUT2D eigenvalue weighted by molar-refractivity contribution is 7.18. The van der Waals surface area contributed by atoms with E-state index in [9.17, 15) is 4.79 Å². The maximum atomic E-state index is 11.9. The Morgan fingerprint density at radius 1 is 1.09 bits per heavy atom. The Morgan fingerprint density at radius 3 is 2.50 bits per heavy atom. The Balaban J connectivity index is 1.87. The highest BCUT2D eigenvalue weighted by Gasteiger charge is 2.17. The minimum atomic E-state index is -0.0544. The van der Waals surface area contributed by atoms with Crippen molar-refractivity contribution in [3.05, 3.63) is 60.4 Å². The first-order valence-corrected chi connectivity index (χ1v) is 7.61. The summed E-state index contributed by atoms with van der Waals surface area (Å²) < 4.78 is 0. The zero-order valence-corrected chi connectivity index (χ0v) is 12.8. The minimum Gasteiger partial charge on any atom is -0.282 e. The summed E-state index contributed by atoms with van der Waals surface area (Å²) in [7, 11) is 0. The van der Waals surface area contributed by atoms with Crippen molar-refractivity contribution in [2.24, 2.45) is 0 Å². The van der Waals surface area contributed by atoms with Crippen molar-refractivity contribution in [1.82, 2.24) is 15.2 Å². The van der Waals surface area contributed by atoms with Crippen molar-refractivity contribution in [3.63, 3.8) is 0 Å². The first kappa shape index (κ1) is 14.3. The van der Waals surface area contributed by atoms with E-state index in [1.807, 2.05) is 42.5 Å². The van der Waals surface area contributed by atoms with E-state index in [0.717, 1.165) is 16.1 Å². The molecule has 5 nitrogen and oxygen atoms in total. The van der Waals surface area contributed by atoms with Gasteiger partial charge < -0.3 is 0 Å². The summed E-state index contributed by atoms with van der Waals surface area (Å²) in [6, 6.07) is 13.6. The molecule has 0 aliphatic carbocycles. The molecule has 22 heavy (non-hydrogen) atoms. The van der Waals surface area contributed by atoms with Crippen LogP contribution in [0, 0.1) is 0 Å². The smallest absolute Gasteiger partial charge is 0.226 e. The largest absolute Gasteiger partial charge is 0.282 e. The van der Waals surface area contributed by atoms with Gasteiger partial charge in [0.15, 0.2) is 0 Å². The summed E-state index contributed by atoms with van der Waals surface area (Å²) in [4.78, 5) is 17.6. The second kappa shape index (κ2) is 6.44. The van der Waals surface area contributed by atoms with Crippen molar-refractivity contribution < 1.29 is 4.79 Å². The van der Waals surface area contributed by atoms with Gasteiger partial charge in [-0.05, 0) is 17.7 Å². The SMILES string of the molecule is CC(=O)N(Cc1ccccc1)c1nnc(-c2ccncc2)s1. The van der Waals surface area contributed by atoms with Gasteiger partial charge in [0, 0.05) is 24.9 Å². The molecule has 6 heteroatoms. The summed E-state index contributed by atoms with van der Waals surface area (Å²) >= 11 is 1.40. The molecule has 3 aromatic rings. The number of hydrogen-bond acceptors (Lipinski definition) is 5. The molecule has 0 bridgehead atoms. The summed E-state index contributed by atoms with van der Waals surface area (Å²) in [6.07, 6.45) is 3.42. The average Bonchev–Trinajstić information content (AvgIpc) is 3.04. The predicted octanol–water partition coefficient (Wildman–Crippen LogP) is 3.15. The maximum Gasteiger partial charge on any atom is 0.226 e. The lowest BCUT2D eigenvalue weighted by Gasteiger charge is -2.17. The summed E-state index contributed by atoms with van der Waals surface area (Å²) in [6.45, 7) is 2.03. The molecule has 3 rings (SSSR count). The highest BCUT2D eigenvalue weighted by Crippen LogP contribution is 2.29. The van der Waals surface area contributed by atoms with E-state index >= 15 is 0 Å². The van der Waals surface area contributed by atoms with Crippen molar-refractivity contribution >= 4 is 22.4 Å². The molecule has 1 aromatic carbocycles. The maximum absolute atomic E-state index is 11.9. The molecule has 0 spiro atoms. The van der Waals surface area contributed by atoms with Gasteiger partial charge in [0.2, 0.25) is 11.0 Å². The molecule has 0 unspecified atom stereocenters. The van der Waals surface area contributed by atoms with Crippen LogP contribution in [-0.2, 0) is 11.3 Å². The van der Waals surface area contributed by atoms with Crippen LogP contribution in [0.5, 0.6) is 0 Å². The van der Waals surface area contributed by atoms with Crippen LogP contribution in [0.4, 0.5) is 5.13 Å². The molecule has 0 radical (unpaired) electrons. The van der Waals surface area contributed by atoms with Crippen molar-refractivity contribution in [2.75, 3.05) is 4.90 Å². The summed E-state index contributed by atoms with van der Waals surface area (Å²) in [5.74, 6) is -0.0544. The fraction of sp³-hybridized carbons (Fsp3) is 0.125. The Bertz CT molecular complexity index is 758. The van der Waals surface area contributed by atoms with Crippen LogP contribution in [0.1, 0.15) is 12.5 Å². The average molecular weight is 310 g/mol. The molecule has 1 amide bonds. The van der Waals surface area contributed by atoms with Gasteiger partial charge in [-0.2, -0.15) is 0 Å². The third-order valence-electron chi connectivity index (χ3n) is 3.14. The van der Waals surface area contributed by atoms with E-state index in [2.05, 4.69) is 15.2 Å². The van der Waals surface area contributed by atoms with Gasteiger partial charge in [-0.3, -0.25) is 14.7 Å². The van der Waals surface area contributed by atoms with Gasteiger partial charge in [-0.15, -0.1) is 10.2 Å². The molecule has 2 aromatic heterocycles. The standard InChI is InChI=1S/C16H14N4OS/c1-12(21)20(11-13-5-3-2-4-6-13)16-19-18-15(22-16)14-7-9-17-10-8-14/h2-10H,11H2,1H3. The number of rotatable bonds is 4. The Labute approximate surface area is 132 Å². The summed E-state index contributed by atoms with van der Waals surface area (Å²) in [5.41, 5.74) is 2.00. The molecule has 0 aliphatic heterocycles. The number of carbonyl (C=O) groups excluding carboxylic acids is 1. The van der Waals surface area contributed by atoms with E-state index in [1.165, 1.54) is 18.3 Å². The molecular weight excluding hydrogens is 296 g/mol. The molecule has 0 saturated heterocycles. The second-order valence-electron chi connectivity index (χ2n) is 4.72. The first-order valence-electron chi connectivity index (χ1n) is 6.80. The number of carbonyl (C=O) groups is 1. The van der Waals surface area contributed by atoms with Crippen LogP contribution in [0.25, 0.3) is 10.6 Å². The normalized spacial score (nSPS) is 10.4. The molecule has 0 atom stereocenters. The fourth-order valence-corrected chi connectivity index (χ4v) is 2.91. The van der Waals surface area contributed by atoms with Crippen molar-refractivity contribution in [1.29, 1.82) is 0 Å². The van der Waals surface area contributed by atoms with Gasteiger partial charge >= 0.3 is 0 Å². The van der Waals surface area contributed by atoms with Crippen LogP contribution in [0.2, 0.25) is 0 Å². The van der Waals surface area contributed by atoms with Gasteiger partial charge in [-0.1, -0.05) is 41.7 Å². The Morgan fingerprint density at radius 2 is 1.82 bits per heavy atom. The number of pyridine rings is 1. The van der Waals surface area contributed by atoms with Gasteiger partial charge in [0.05, 0.1) is 6.54 Å². The lowest BCUT2D eigenvalue weighted by molar-refractivity contribution is -0.116. The van der Waals surface area contributed by atoms with Crippen LogP contribution in [0.15, 0.2) is 54.9 Å². The lowest BCUT2D eigenvalue weighted by atomic mass is 10.2. The van der Waals surface area contributed by atoms with E-state index in [0.29, 0.717) is 11.7 Å². The number of aromatic nitrogens is 3. The third kappa shape index (κ3) is 3.17. The quantitative estimate of drug-likeness (QED) is 0.743. The number of amides is 1. The van der Waals surface area contributed by atoms with Crippen LogP contribution >= 0.6 is 11.3 Å². The van der Waals surface area contributed by atoms with Crippen molar-refractivity contribution in [2.45, 2.75) is 13.5 Å². The topological polar surface area (TPSA) is 59.0 Å². The Hall–Kier alpha value is -2.60. The number of nitrogens with zero attached hydrogens (tertiary/aromatic N) is 4. The second-order valence-corrected chi connectivity index (χ2v) is 5.67. The first-order chi connectivity index (χ1) is 10.7. The van der Waals surface area contributed by atoms with Gasteiger partial charge in [0.1, 0.15) is 5.01 Å². The monoisotopic (exact) mass is 310 g/mol. The number of hydrogen-bond donors (Lipinski definition) is 0. The molecule has 0 aliphatic rings. The fourth-order valence-electron chi connectivity index (χ4n) is 2.02. The molecule has 0 fully saturated rings. The number of benzene rings is 1. The molecule has 0 N–H and O–H groups in total. The van der Waals surface area contributed by atoms with Gasteiger partial charge in [0.25, 0.3) is 0 Å². The van der Waals surface area contributed by atoms with Crippen LogP contribution in [-0.4, -0.2) is 21.1 Å². The van der Waals surface area contributed by atoms with E-state index in [-0.39, 0.29) is 5.91 Å². The summed E-state index contributed by atoms with van der Waals surface area (Å²) in [5, 5.41) is 9.72. The third-order valence-corrected chi connectivity index (χ3v) is 4.13.